The molecule has 2 fully saturated rings. The predicted octanol–water partition coefficient (Wildman–Crippen LogP) is 2.42. The number of hydrogen-bond donors (Lipinski definition) is 5. The van der Waals surface area contributed by atoms with Gasteiger partial charge in [-0.1, -0.05) is 24.4 Å². The van der Waals surface area contributed by atoms with Crippen LogP contribution in [0.1, 0.15) is 38.3 Å². The number of nitrogens with zero attached hydrogens (tertiary/aromatic N) is 3. The summed E-state index contributed by atoms with van der Waals surface area (Å²) in [5.41, 5.74) is 1.84. The molecule has 1 aliphatic heterocycles. The van der Waals surface area contributed by atoms with Gasteiger partial charge in [0.15, 0.2) is 11.6 Å². The molecule has 1 unspecified atom stereocenters. The lowest BCUT2D eigenvalue weighted by atomic mass is 10.2. The largest absolute Gasteiger partial charge is 0.390 e. The minimum Gasteiger partial charge on any atom is -0.390 e. The van der Waals surface area contributed by atoms with E-state index in [1.807, 2.05) is 0 Å². The Labute approximate surface area is 188 Å². The lowest BCUT2D eigenvalue weighted by Crippen LogP contribution is -2.26. The van der Waals surface area contributed by atoms with Gasteiger partial charge >= 0.3 is 15.2 Å². The number of aliphatic hydroxyl groups excluding tert-OH is 1. The zero-order valence-electron chi connectivity index (χ0n) is 16.9. The van der Waals surface area contributed by atoms with E-state index in [0.717, 1.165) is 18.5 Å². The molecule has 1 aliphatic carbocycles. The van der Waals surface area contributed by atoms with Crippen molar-refractivity contribution in [3.8, 4) is 0 Å². The van der Waals surface area contributed by atoms with E-state index in [-0.39, 0.29) is 11.6 Å². The third kappa shape index (κ3) is 5.70. The molecule has 32 heavy (non-hydrogen) atoms. The SMILES string of the molecule is O=P(O)(O)CP(=O)(O)OC[C@H]1O[C@@H](n2cnc3c(NC4CCCC4)cc(Cl)nc32)C[C@@H]1O. The highest BCUT2D eigenvalue weighted by atomic mass is 35.5. The van der Waals surface area contributed by atoms with Crippen LogP contribution < -0.4 is 5.32 Å². The van der Waals surface area contributed by atoms with Crippen LogP contribution in [0.5, 0.6) is 0 Å². The quantitative estimate of drug-likeness (QED) is 0.260. The third-order valence-corrected chi connectivity index (χ3v) is 9.18. The number of anilines is 1. The van der Waals surface area contributed by atoms with Gasteiger partial charge in [0.25, 0.3) is 0 Å². The van der Waals surface area contributed by atoms with Gasteiger partial charge in [0.1, 0.15) is 23.0 Å². The lowest BCUT2D eigenvalue weighted by molar-refractivity contribution is -0.0395. The Balaban J connectivity index is 1.48. The number of ether oxygens (including phenoxy) is 1. The predicted molar refractivity (Wildman–Crippen MR) is 116 cm³/mol. The van der Waals surface area contributed by atoms with Crippen LogP contribution in [0.3, 0.4) is 0 Å². The average Bonchev–Trinajstić information content (AvgIpc) is 3.38. The number of aromatic nitrogens is 3. The van der Waals surface area contributed by atoms with Gasteiger partial charge in [-0.3, -0.25) is 13.7 Å². The van der Waals surface area contributed by atoms with Gasteiger partial charge in [-0.05, 0) is 12.8 Å². The number of hydrogen-bond acceptors (Lipinski definition) is 8. The number of aliphatic hydroxyl groups is 1. The molecular weight excluding hydrogens is 486 g/mol. The van der Waals surface area contributed by atoms with Crippen molar-refractivity contribution in [3.63, 3.8) is 0 Å². The number of fused-ring (bicyclic) bond motifs is 1. The zero-order valence-corrected chi connectivity index (χ0v) is 19.5. The molecule has 2 aromatic rings. The maximum absolute atomic E-state index is 11.9. The van der Waals surface area contributed by atoms with Gasteiger partial charge in [-0.2, -0.15) is 0 Å². The highest BCUT2D eigenvalue weighted by Crippen LogP contribution is 2.55. The van der Waals surface area contributed by atoms with Gasteiger partial charge < -0.3 is 34.4 Å². The second kappa shape index (κ2) is 9.29. The van der Waals surface area contributed by atoms with Crippen LogP contribution in [0, 0.1) is 0 Å². The van der Waals surface area contributed by atoms with E-state index in [1.54, 1.807) is 10.6 Å². The summed E-state index contributed by atoms with van der Waals surface area (Å²) in [7, 11) is -9.30. The van der Waals surface area contributed by atoms with E-state index >= 15 is 0 Å². The Morgan fingerprint density at radius 3 is 2.69 bits per heavy atom. The summed E-state index contributed by atoms with van der Waals surface area (Å²) in [6.45, 7) is -0.513. The standard InChI is InChI=1S/C17H25ClN4O8P2/c18-14-5-11(20-10-3-1-2-4-10)16-17(21-14)22(8-19-16)15-6-12(23)13(30-15)7-29-32(27,28)9-31(24,25)26/h5,8,10,12-13,15,23H,1-4,6-7,9H2,(H,20,21)(H,27,28)(H2,24,25,26)/t12-,13+,15+/m0/s1. The maximum atomic E-state index is 11.9. The Bertz CT molecular complexity index is 1070. The molecule has 1 saturated heterocycles. The summed E-state index contributed by atoms with van der Waals surface area (Å²) in [5, 5.41) is 14.1. The van der Waals surface area contributed by atoms with Crippen molar-refractivity contribution in [1.82, 2.24) is 14.5 Å². The molecule has 178 valence electrons. The fourth-order valence-electron chi connectivity index (χ4n) is 4.09. The van der Waals surface area contributed by atoms with Gasteiger partial charge in [0, 0.05) is 18.5 Å². The summed E-state index contributed by atoms with van der Waals surface area (Å²) in [6.07, 6.45) is 3.42. The molecule has 4 rings (SSSR count). The van der Waals surface area contributed by atoms with Gasteiger partial charge in [0.05, 0.1) is 24.7 Å². The minimum absolute atomic E-state index is 0.132. The minimum atomic E-state index is -4.74. The molecule has 5 N–H and O–H groups in total. The summed E-state index contributed by atoms with van der Waals surface area (Å²) >= 11 is 6.23. The van der Waals surface area contributed by atoms with Crippen LogP contribution in [-0.4, -0.2) is 65.1 Å². The second-order valence-electron chi connectivity index (χ2n) is 8.11. The second-order valence-corrected chi connectivity index (χ2v) is 12.5. The Morgan fingerprint density at radius 1 is 1.28 bits per heavy atom. The molecule has 15 heteroatoms. The molecule has 3 heterocycles. The molecule has 0 aromatic carbocycles. The number of imidazole rings is 1. The Kier molecular flexibility index (Phi) is 6.99. The smallest absolute Gasteiger partial charge is 0.340 e. The first-order chi connectivity index (χ1) is 15.0. The summed E-state index contributed by atoms with van der Waals surface area (Å²) in [4.78, 5) is 36.2. The van der Waals surface area contributed by atoms with Crippen LogP contribution in [0.25, 0.3) is 11.2 Å². The number of rotatable bonds is 8. The van der Waals surface area contributed by atoms with E-state index in [1.165, 1.54) is 19.2 Å². The molecule has 4 atom stereocenters. The lowest BCUT2D eigenvalue weighted by Gasteiger charge is -2.18. The fourth-order valence-corrected chi connectivity index (χ4v) is 6.84. The zero-order chi connectivity index (χ0) is 23.1. The monoisotopic (exact) mass is 510 g/mol. The molecule has 2 aliphatic rings. The third-order valence-electron chi connectivity index (χ3n) is 5.53. The molecule has 1 saturated carbocycles. The van der Waals surface area contributed by atoms with Crippen LogP contribution >= 0.6 is 26.8 Å². The van der Waals surface area contributed by atoms with E-state index in [9.17, 15) is 19.1 Å². The number of nitrogens with one attached hydrogen (secondary N) is 1. The summed E-state index contributed by atoms with van der Waals surface area (Å²) < 4.78 is 35.0. The molecule has 0 amide bonds. The van der Waals surface area contributed by atoms with Crippen molar-refractivity contribution in [2.45, 2.75) is 56.6 Å². The van der Waals surface area contributed by atoms with Crippen LogP contribution in [0.2, 0.25) is 5.15 Å². The molecule has 2 aromatic heterocycles. The van der Waals surface area contributed by atoms with Crippen LogP contribution in [-0.2, 0) is 18.4 Å². The molecule has 0 spiro atoms. The molecule has 0 radical (unpaired) electrons. The normalized spacial score (nSPS) is 26.6. The van der Waals surface area contributed by atoms with Gasteiger partial charge in [0.2, 0.25) is 0 Å². The van der Waals surface area contributed by atoms with E-state index in [2.05, 4.69) is 15.3 Å². The van der Waals surface area contributed by atoms with E-state index in [4.69, 9.17) is 30.6 Å². The van der Waals surface area contributed by atoms with Gasteiger partial charge in [-0.25, -0.2) is 9.97 Å². The Morgan fingerprint density at radius 2 is 2.00 bits per heavy atom. The van der Waals surface area contributed by atoms with Crippen LogP contribution in [0.4, 0.5) is 5.69 Å². The molecule has 12 nitrogen and oxygen atoms in total. The van der Waals surface area contributed by atoms with Crippen molar-refractivity contribution in [2.75, 3.05) is 17.8 Å². The van der Waals surface area contributed by atoms with Crippen molar-refractivity contribution in [3.05, 3.63) is 17.5 Å². The highest BCUT2D eigenvalue weighted by molar-refractivity contribution is 7.70. The van der Waals surface area contributed by atoms with Crippen molar-refractivity contribution >= 4 is 43.6 Å². The maximum Gasteiger partial charge on any atom is 0.340 e. The summed E-state index contributed by atoms with van der Waals surface area (Å²) in [5.74, 6) is -1.31. The van der Waals surface area contributed by atoms with Gasteiger partial charge in [-0.15, -0.1) is 0 Å². The first kappa shape index (κ1) is 24.1. The number of halogens is 1. The summed E-state index contributed by atoms with van der Waals surface area (Å²) in [6, 6.07) is 2.07. The first-order valence-corrected chi connectivity index (χ1v) is 14.1. The van der Waals surface area contributed by atoms with Crippen molar-refractivity contribution < 1.29 is 38.2 Å². The topological polar surface area (TPSA) is 176 Å². The number of pyridine rings is 1. The fraction of sp³-hybridized carbons (Fsp3) is 0.647. The average molecular weight is 511 g/mol. The molecular formula is C17H25ClN4O8P2. The Hall–Kier alpha value is -1.07. The van der Waals surface area contributed by atoms with Crippen molar-refractivity contribution in [2.24, 2.45) is 0 Å². The van der Waals surface area contributed by atoms with E-state index < -0.39 is 46.1 Å². The van der Waals surface area contributed by atoms with Crippen molar-refractivity contribution in [1.29, 1.82) is 0 Å². The van der Waals surface area contributed by atoms with E-state index in [0.29, 0.717) is 17.2 Å². The first-order valence-electron chi connectivity index (χ1n) is 10.1. The molecule has 0 bridgehead atoms. The van der Waals surface area contributed by atoms with Crippen LogP contribution in [0.15, 0.2) is 12.4 Å². The highest BCUT2D eigenvalue weighted by Gasteiger charge is 2.39.